The highest BCUT2D eigenvalue weighted by atomic mass is 16.5. The van der Waals surface area contributed by atoms with Crippen LogP contribution in [0.25, 0.3) is 0 Å². The molecule has 1 saturated heterocycles. The first kappa shape index (κ1) is 11.4. The molecule has 88 valence electrons. The van der Waals surface area contributed by atoms with Crippen molar-refractivity contribution in [3.05, 3.63) is 29.3 Å². The van der Waals surface area contributed by atoms with Crippen LogP contribution in [0, 0.1) is 12.8 Å². The summed E-state index contributed by atoms with van der Waals surface area (Å²) in [4.78, 5) is 0. The second-order valence-electron chi connectivity index (χ2n) is 4.34. The zero-order chi connectivity index (χ0) is 11.4. The fourth-order valence-electron chi connectivity index (χ4n) is 1.92. The van der Waals surface area contributed by atoms with Gasteiger partial charge in [0, 0.05) is 19.1 Å². The van der Waals surface area contributed by atoms with E-state index in [1.807, 2.05) is 12.1 Å². The van der Waals surface area contributed by atoms with Gasteiger partial charge >= 0.3 is 0 Å². The molecule has 1 aromatic carbocycles. The van der Waals surface area contributed by atoms with Crippen molar-refractivity contribution in [1.82, 2.24) is 0 Å². The second-order valence-corrected chi connectivity index (χ2v) is 4.34. The second kappa shape index (κ2) is 5.32. The van der Waals surface area contributed by atoms with Crippen LogP contribution in [0.1, 0.15) is 17.5 Å². The first-order chi connectivity index (χ1) is 7.79. The Kier molecular flexibility index (Phi) is 3.80. The van der Waals surface area contributed by atoms with E-state index >= 15 is 0 Å². The summed E-state index contributed by atoms with van der Waals surface area (Å²) in [5.74, 6) is 1.51. The minimum Gasteiger partial charge on any atom is -0.493 e. The monoisotopic (exact) mass is 221 g/mol. The molecule has 0 saturated carbocycles. The first-order valence-corrected chi connectivity index (χ1v) is 5.79. The van der Waals surface area contributed by atoms with Crippen LogP contribution in [0.2, 0.25) is 0 Å². The van der Waals surface area contributed by atoms with Gasteiger partial charge in [-0.3, -0.25) is 0 Å². The Morgan fingerprint density at radius 3 is 3.00 bits per heavy atom. The summed E-state index contributed by atoms with van der Waals surface area (Å²) in [5, 5.41) is 0. The molecule has 0 spiro atoms. The maximum absolute atomic E-state index is 5.80. The van der Waals surface area contributed by atoms with Gasteiger partial charge in [-0.25, -0.2) is 0 Å². The summed E-state index contributed by atoms with van der Waals surface area (Å²) < 4.78 is 11.1. The van der Waals surface area contributed by atoms with Gasteiger partial charge < -0.3 is 15.2 Å². The van der Waals surface area contributed by atoms with E-state index in [0.717, 1.165) is 43.1 Å². The summed E-state index contributed by atoms with van der Waals surface area (Å²) in [5.41, 5.74) is 7.89. The normalized spacial score (nSPS) is 20.0. The maximum atomic E-state index is 5.80. The third kappa shape index (κ3) is 2.74. The van der Waals surface area contributed by atoms with E-state index in [0.29, 0.717) is 12.5 Å². The zero-order valence-electron chi connectivity index (χ0n) is 9.74. The van der Waals surface area contributed by atoms with Crippen LogP contribution in [0.5, 0.6) is 5.75 Å². The Hall–Kier alpha value is -1.06. The number of benzene rings is 1. The van der Waals surface area contributed by atoms with E-state index < -0.39 is 0 Å². The summed E-state index contributed by atoms with van der Waals surface area (Å²) in [6, 6.07) is 6.11. The van der Waals surface area contributed by atoms with Crippen LogP contribution in [-0.2, 0) is 11.3 Å². The van der Waals surface area contributed by atoms with Gasteiger partial charge in [-0.1, -0.05) is 12.1 Å². The quantitative estimate of drug-likeness (QED) is 0.844. The minimum atomic E-state index is 0.550. The first-order valence-electron chi connectivity index (χ1n) is 5.79. The van der Waals surface area contributed by atoms with E-state index in [1.165, 1.54) is 0 Å². The molecule has 1 fully saturated rings. The van der Waals surface area contributed by atoms with Crippen molar-refractivity contribution >= 4 is 0 Å². The molecule has 0 bridgehead atoms. The van der Waals surface area contributed by atoms with Gasteiger partial charge in [0.1, 0.15) is 5.75 Å². The van der Waals surface area contributed by atoms with Crippen LogP contribution in [-0.4, -0.2) is 19.8 Å². The smallest absolute Gasteiger partial charge is 0.122 e. The molecule has 3 heteroatoms. The fourth-order valence-corrected chi connectivity index (χ4v) is 1.92. The highest BCUT2D eigenvalue weighted by Gasteiger charge is 2.16. The predicted octanol–water partition coefficient (Wildman–Crippen LogP) is 1.87. The largest absolute Gasteiger partial charge is 0.493 e. The number of aryl methyl sites for hydroxylation is 1. The van der Waals surface area contributed by atoms with Crippen LogP contribution >= 0.6 is 0 Å². The number of ether oxygens (including phenoxy) is 2. The summed E-state index contributed by atoms with van der Waals surface area (Å²) >= 11 is 0. The van der Waals surface area contributed by atoms with Gasteiger partial charge in [0.2, 0.25) is 0 Å². The molecule has 1 unspecified atom stereocenters. The van der Waals surface area contributed by atoms with Crippen molar-refractivity contribution in [2.75, 3.05) is 19.8 Å². The Bertz CT molecular complexity index is 346. The van der Waals surface area contributed by atoms with Gasteiger partial charge in [0.25, 0.3) is 0 Å². The van der Waals surface area contributed by atoms with E-state index in [9.17, 15) is 0 Å². The molecule has 1 aromatic rings. The standard InChI is InChI=1S/C13H19NO2/c1-10-6-11(7-14)2-3-13(10)16-9-12-4-5-15-8-12/h2-3,6,12H,4-5,7-9,14H2,1H3. The summed E-state index contributed by atoms with van der Waals surface area (Å²) in [7, 11) is 0. The molecule has 0 aromatic heterocycles. The Morgan fingerprint density at radius 2 is 2.38 bits per heavy atom. The minimum absolute atomic E-state index is 0.550. The Labute approximate surface area is 96.5 Å². The van der Waals surface area contributed by atoms with Gasteiger partial charge in [-0.2, -0.15) is 0 Å². The van der Waals surface area contributed by atoms with Crippen molar-refractivity contribution in [3.8, 4) is 5.75 Å². The van der Waals surface area contributed by atoms with Gasteiger partial charge in [0.05, 0.1) is 13.2 Å². The van der Waals surface area contributed by atoms with E-state index in [1.54, 1.807) is 0 Å². The average Bonchev–Trinajstić information content (AvgIpc) is 2.80. The summed E-state index contributed by atoms with van der Waals surface area (Å²) in [6.45, 7) is 5.10. The van der Waals surface area contributed by atoms with E-state index in [4.69, 9.17) is 15.2 Å². The van der Waals surface area contributed by atoms with E-state index in [-0.39, 0.29) is 0 Å². The molecular weight excluding hydrogens is 202 g/mol. The highest BCUT2D eigenvalue weighted by Crippen LogP contribution is 2.21. The van der Waals surface area contributed by atoms with Crippen LogP contribution in [0.3, 0.4) is 0 Å². The van der Waals surface area contributed by atoms with Crippen molar-refractivity contribution in [1.29, 1.82) is 0 Å². The van der Waals surface area contributed by atoms with Crippen molar-refractivity contribution < 1.29 is 9.47 Å². The third-order valence-electron chi connectivity index (χ3n) is 2.97. The Morgan fingerprint density at radius 1 is 1.50 bits per heavy atom. The zero-order valence-corrected chi connectivity index (χ0v) is 9.74. The molecule has 2 N–H and O–H groups in total. The lowest BCUT2D eigenvalue weighted by Gasteiger charge is -2.13. The molecule has 1 aliphatic rings. The molecule has 0 aliphatic carbocycles. The predicted molar refractivity (Wildman–Crippen MR) is 63.5 cm³/mol. The molecule has 1 atom stereocenters. The number of nitrogens with two attached hydrogens (primary N) is 1. The fraction of sp³-hybridized carbons (Fsp3) is 0.538. The highest BCUT2D eigenvalue weighted by molar-refractivity contribution is 5.36. The van der Waals surface area contributed by atoms with Crippen LogP contribution in [0.4, 0.5) is 0 Å². The lowest BCUT2D eigenvalue weighted by atomic mass is 10.1. The summed E-state index contributed by atoms with van der Waals surface area (Å²) in [6.07, 6.45) is 1.11. The van der Waals surface area contributed by atoms with Crippen LogP contribution in [0.15, 0.2) is 18.2 Å². The lowest BCUT2D eigenvalue weighted by Crippen LogP contribution is -2.12. The van der Waals surface area contributed by atoms with Gasteiger partial charge in [0.15, 0.2) is 0 Å². The lowest BCUT2D eigenvalue weighted by molar-refractivity contribution is 0.167. The van der Waals surface area contributed by atoms with Crippen LogP contribution < -0.4 is 10.5 Å². The van der Waals surface area contributed by atoms with Crippen molar-refractivity contribution in [3.63, 3.8) is 0 Å². The maximum Gasteiger partial charge on any atom is 0.122 e. The molecule has 0 amide bonds. The molecule has 0 radical (unpaired) electrons. The SMILES string of the molecule is Cc1cc(CN)ccc1OCC1CCOC1. The molecule has 16 heavy (non-hydrogen) atoms. The van der Waals surface area contributed by atoms with Crippen molar-refractivity contribution in [2.24, 2.45) is 11.7 Å². The average molecular weight is 221 g/mol. The number of hydrogen-bond donors (Lipinski definition) is 1. The Balaban J connectivity index is 1.93. The molecular formula is C13H19NO2. The third-order valence-corrected chi connectivity index (χ3v) is 2.97. The molecule has 1 aliphatic heterocycles. The topological polar surface area (TPSA) is 44.5 Å². The number of hydrogen-bond acceptors (Lipinski definition) is 3. The molecule has 3 nitrogen and oxygen atoms in total. The molecule has 1 heterocycles. The van der Waals surface area contributed by atoms with Gasteiger partial charge in [-0.05, 0) is 30.5 Å². The van der Waals surface area contributed by atoms with Crippen molar-refractivity contribution in [2.45, 2.75) is 19.9 Å². The van der Waals surface area contributed by atoms with E-state index in [2.05, 4.69) is 13.0 Å². The van der Waals surface area contributed by atoms with Gasteiger partial charge in [-0.15, -0.1) is 0 Å². The number of rotatable bonds is 4. The molecule has 2 rings (SSSR count).